The molecule has 0 unspecified atom stereocenters. The van der Waals surface area contributed by atoms with E-state index in [1.165, 1.54) is 12.3 Å². The molecule has 122 valence electrons. The molecule has 0 aliphatic rings. The van der Waals surface area contributed by atoms with Crippen LogP contribution in [0.25, 0.3) is 11.1 Å². The third-order valence-electron chi connectivity index (χ3n) is 3.61. The van der Waals surface area contributed by atoms with Gasteiger partial charge >= 0.3 is 0 Å². The van der Waals surface area contributed by atoms with Crippen molar-refractivity contribution in [1.29, 1.82) is 0 Å². The van der Waals surface area contributed by atoms with Crippen molar-refractivity contribution >= 4 is 21.6 Å². The largest absolute Gasteiger partial charge is 0.340 e. The van der Waals surface area contributed by atoms with Gasteiger partial charge in [0.2, 0.25) is 0 Å². The van der Waals surface area contributed by atoms with E-state index < -0.39 is 10.1 Å². The molecule has 24 heavy (non-hydrogen) atoms. The summed E-state index contributed by atoms with van der Waals surface area (Å²) in [6.45, 7) is 1.58. The van der Waals surface area contributed by atoms with Crippen LogP contribution in [-0.4, -0.2) is 18.0 Å². The molecule has 6 heteroatoms. The minimum absolute atomic E-state index is 0.155. The first-order valence-corrected chi connectivity index (χ1v) is 8.75. The van der Waals surface area contributed by atoms with Gasteiger partial charge in [-0.2, -0.15) is 8.42 Å². The van der Waals surface area contributed by atoms with Gasteiger partial charge in [-0.1, -0.05) is 48.5 Å². The van der Waals surface area contributed by atoms with Gasteiger partial charge in [-0.05, 0) is 24.1 Å². The van der Waals surface area contributed by atoms with Gasteiger partial charge in [0.25, 0.3) is 10.1 Å². The lowest BCUT2D eigenvalue weighted by atomic mass is 10.0. The minimum atomic E-state index is -4.29. The van der Waals surface area contributed by atoms with Gasteiger partial charge in [-0.25, -0.2) is 4.98 Å². The minimum Gasteiger partial charge on any atom is -0.340 e. The molecule has 0 aliphatic heterocycles. The summed E-state index contributed by atoms with van der Waals surface area (Å²) in [4.78, 5) is 4.04. The molecule has 0 bridgehead atoms. The Balaban J connectivity index is 2.02. The molecule has 1 heterocycles. The number of hydrogen-bond acceptors (Lipinski definition) is 4. The molecule has 3 aromatic rings. The number of aryl methyl sites for hydroxylation is 1. The average Bonchev–Trinajstić information content (AvgIpc) is 2.57. The number of hydrogen-bond donors (Lipinski definition) is 2. The molecular weight excluding hydrogens is 324 g/mol. The van der Waals surface area contributed by atoms with E-state index in [9.17, 15) is 13.0 Å². The fourth-order valence-corrected chi connectivity index (χ4v) is 3.17. The molecule has 5 nitrogen and oxygen atoms in total. The van der Waals surface area contributed by atoms with Crippen molar-refractivity contribution in [3.05, 3.63) is 72.4 Å². The van der Waals surface area contributed by atoms with Crippen molar-refractivity contribution in [1.82, 2.24) is 4.98 Å². The van der Waals surface area contributed by atoms with Crippen molar-refractivity contribution in [2.75, 3.05) is 5.32 Å². The van der Waals surface area contributed by atoms with Gasteiger partial charge in [-0.3, -0.25) is 4.55 Å². The van der Waals surface area contributed by atoms with E-state index in [1.54, 1.807) is 6.92 Å². The van der Waals surface area contributed by atoms with E-state index in [0.29, 0.717) is 11.4 Å². The number of nitrogens with one attached hydrogen (secondary N) is 1. The molecule has 0 fully saturated rings. The Labute approximate surface area is 140 Å². The molecule has 0 aliphatic carbocycles. The quantitative estimate of drug-likeness (QED) is 0.701. The van der Waals surface area contributed by atoms with Crippen LogP contribution >= 0.6 is 0 Å². The highest BCUT2D eigenvalue weighted by molar-refractivity contribution is 7.85. The maximum Gasteiger partial charge on any atom is 0.294 e. The zero-order valence-corrected chi connectivity index (χ0v) is 13.8. The smallest absolute Gasteiger partial charge is 0.294 e. The van der Waals surface area contributed by atoms with E-state index in [1.807, 2.05) is 54.6 Å². The van der Waals surface area contributed by atoms with Crippen LogP contribution in [0.3, 0.4) is 0 Å². The fraction of sp³-hybridized carbons (Fsp3) is 0.0556. The third kappa shape index (κ3) is 3.45. The first-order chi connectivity index (χ1) is 11.4. The predicted molar refractivity (Wildman–Crippen MR) is 93.9 cm³/mol. The molecule has 0 radical (unpaired) electrons. The maximum absolute atomic E-state index is 11.4. The average molecular weight is 340 g/mol. The first kappa shape index (κ1) is 16.2. The highest BCUT2D eigenvalue weighted by Gasteiger charge is 2.15. The number of benzene rings is 2. The molecule has 3 rings (SSSR count). The number of pyridine rings is 1. The van der Waals surface area contributed by atoms with E-state index >= 15 is 0 Å². The Morgan fingerprint density at radius 3 is 2.38 bits per heavy atom. The topological polar surface area (TPSA) is 79.3 Å². The lowest BCUT2D eigenvalue weighted by molar-refractivity contribution is 0.482. The molecule has 1 aromatic heterocycles. The van der Waals surface area contributed by atoms with Gasteiger partial charge in [-0.15, -0.1) is 0 Å². The predicted octanol–water partition coefficient (Wildman–Crippen LogP) is 4.05. The molecule has 0 spiro atoms. The van der Waals surface area contributed by atoms with Crippen LogP contribution in [0.1, 0.15) is 5.56 Å². The second kappa shape index (κ2) is 6.43. The monoisotopic (exact) mass is 340 g/mol. The molecule has 2 aromatic carbocycles. The molecule has 0 saturated carbocycles. The molecule has 0 amide bonds. The number of nitrogens with zero attached hydrogens (tertiary/aromatic N) is 1. The third-order valence-corrected chi connectivity index (χ3v) is 4.60. The number of para-hydroxylation sites is 1. The molecular formula is C18H16N2O3S. The van der Waals surface area contributed by atoms with Crippen LogP contribution in [0.2, 0.25) is 0 Å². The van der Waals surface area contributed by atoms with Crippen molar-refractivity contribution in [2.45, 2.75) is 11.8 Å². The normalized spacial score (nSPS) is 11.2. The Hall–Kier alpha value is -2.70. The van der Waals surface area contributed by atoms with Gasteiger partial charge in [0, 0.05) is 23.5 Å². The lowest BCUT2D eigenvalue weighted by Crippen LogP contribution is -2.04. The highest BCUT2D eigenvalue weighted by atomic mass is 32.2. The summed E-state index contributed by atoms with van der Waals surface area (Å²) in [5, 5.41) is 3.12. The van der Waals surface area contributed by atoms with Crippen molar-refractivity contribution in [3.8, 4) is 11.1 Å². The van der Waals surface area contributed by atoms with Crippen molar-refractivity contribution in [2.24, 2.45) is 0 Å². The summed E-state index contributed by atoms with van der Waals surface area (Å²) in [7, 11) is -4.29. The standard InChI is InChI=1S/C18H16N2O3S/c1-13-12-19-18(11-17(13)24(21,22)23)20-16-10-6-5-9-15(16)14-7-3-2-4-8-14/h2-12H,1H3,(H,19,20)(H,21,22,23). The first-order valence-electron chi connectivity index (χ1n) is 7.31. The zero-order valence-electron chi connectivity index (χ0n) is 13.0. The van der Waals surface area contributed by atoms with Crippen LogP contribution in [0, 0.1) is 6.92 Å². The summed E-state index contributed by atoms with van der Waals surface area (Å²) < 4.78 is 32.2. The summed E-state index contributed by atoms with van der Waals surface area (Å²) >= 11 is 0. The van der Waals surface area contributed by atoms with Crippen molar-refractivity contribution < 1.29 is 13.0 Å². The second-order valence-electron chi connectivity index (χ2n) is 5.35. The van der Waals surface area contributed by atoms with E-state index in [0.717, 1.165) is 16.8 Å². The van der Waals surface area contributed by atoms with Crippen LogP contribution in [0.4, 0.5) is 11.5 Å². The van der Waals surface area contributed by atoms with Crippen LogP contribution < -0.4 is 5.32 Å². The summed E-state index contributed by atoms with van der Waals surface area (Å²) in [6.07, 6.45) is 1.41. The van der Waals surface area contributed by atoms with Crippen LogP contribution in [-0.2, 0) is 10.1 Å². The second-order valence-corrected chi connectivity index (χ2v) is 6.74. The summed E-state index contributed by atoms with van der Waals surface area (Å²) in [5.41, 5.74) is 3.18. The Morgan fingerprint density at radius 2 is 1.67 bits per heavy atom. The van der Waals surface area contributed by atoms with E-state index in [4.69, 9.17) is 0 Å². The number of anilines is 2. The Morgan fingerprint density at radius 1 is 1.00 bits per heavy atom. The fourth-order valence-electron chi connectivity index (χ4n) is 2.45. The van der Waals surface area contributed by atoms with Crippen LogP contribution in [0.5, 0.6) is 0 Å². The summed E-state index contributed by atoms with van der Waals surface area (Å²) in [6, 6.07) is 18.8. The lowest BCUT2D eigenvalue weighted by Gasteiger charge is -2.13. The highest BCUT2D eigenvalue weighted by Crippen LogP contribution is 2.30. The van der Waals surface area contributed by atoms with Crippen LogP contribution in [0.15, 0.2) is 71.8 Å². The van der Waals surface area contributed by atoms with E-state index in [-0.39, 0.29) is 4.90 Å². The Kier molecular flexibility index (Phi) is 4.33. The number of rotatable bonds is 4. The zero-order chi connectivity index (χ0) is 17.2. The maximum atomic E-state index is 11.4. The van der Waals surface area contributed by atoms with Gasteiger partial charge in [0.05, 0.1) is 0 Å². The molecule has 0 saturated heterocycles. The van der Waals surface area contributed by atoms with E-state index in [2.05, 4.69) is 10.3 Å². The van der Waals surface area contributed by atoms with Gasteiger partial charge in [0.15, 0.2) is 0 Å². The SMILES string of the molecule is Cc1cnc(Nc2ccccc2-c2ccccc2)cc1S(=O)(=O)O. The van der Waals surface area contributed by atoms with Crippen molar-refractivity contribution in [3.63, 3.8) is 0 Å². The molecule has 2 N–H and O–H groups in total. The Bertz CT molecular complexity index is 971. The van der Waals surface area contributed by atoms with Gasteiger partial charge in [0.1, 0.15) is 10.7 Å². The van der Waals surface area contributed by atoms with Gasteiger partial charge < -0.3 is 5.32 Å². The summed E-state index contributed by atoms with van der Waals surface area (Å²) in [5.74, 6) is 0.344. The number of aromatic nitrogens is 1. The molecule has 0 atom stereocenters.